The van der Waals surface area contributed by atoms with Gasteiger partial charge in [-0.05, 0) is 19.1 Å². The van der Waals surface area contributed by atoms with E-state index in [1.807, 2.05) is 6.07 Å². The number of aliphatic hydroxyl groups is 1. The van der Waals surface area contributed by atoms with E-state index >= 15 is 0 Å². The summed E-state index contributed by atoms with van der Waals surface area (Å²) in [6.45, 7) is 1.14. The van der Waals surface area contributed by atoms with Crippen LogP contribution in [0.2, 0.25) is 0 Å². The Morgan fingerprint density at radius 2 is 2.44 bits per heavy atom. The third-order valence-corrected chi connectivity index (χ3v) is 2.02. The summed E-state index contributed by atoms with van der Waals surface area (Å²) >= 11 is 0. The van der Waals surface area contributed by atoms with E-state index in [1.54, 1.807) is 0 Å². The quantitative estimate of drug-likeness (QED) is 0.641. The molecule has 0 saturated carbocycles. The molecule has 0 fully saturated rings. The summed E-state index contributed by atoms with van der Waals surface area (Å²) in [7, 11) is 0. The van der Waals surface area contributed by atoms with Crippen molar-refractivity contribution in [1.29, 1.82) is 5.26 Å². The summed E-state index contributed by atoms with van der Waals surface area (Å²) in [5.74, 6) is -0.610. The predicted octanol–water partition coefficient (Wildman–Crippen LogP) is -0.399. The molecule has 4 N–H and O–H groups in total. The van der Waals surface area contributed by atoms with Crippen LogP contribution >= 0.6 is 0 Å². The monoisotopic (exact) mass is 220 g/mol. The van der Waals surface area contributed by atoms with Crippen LogP contribution in [-0.2, 0) is 4.79 Å². The van der Waals surface area contributed by atoms with Gasteiger partial charge >= 0.3 is 0 Å². The number of rotatable bonds is 3. The van der Waals surface area contributed by atoms with Crippen LogP contribution in [0.15, 0.2) is 18.3 Å². The van der Waals surface area contributed by atoms with Crippen LogP contribution in [0.25, 0.3) is 0 Å². The van der Waals surface area contributed by atoms with Crippen LogP contribution in [0.3, 0.4) is 0 Å². The summed E-state index contributed by atoms with van der Waals surface area (Å²) < 4.78 is 0. The van der Waals surface area contributed by atoms with Gasteiger partial charge in [-0.2, -0.15) is 5.26 Å². The lowest BCUT2D eigenvalue weighted by Gasteiger charge is -2.19. The lowest BCUT2D eigenvalue weighted by Crippen LogP contribution is -2.46. The first-order valence-electron chi connectivity index (χ1n) is 4.59. The Balaban J connectivity index is 2.75. The molecule has 0 spiro atoms. The van der Waals surface area contributed by atoms with Gasteiger partial charge in [-0.15, -0.1) is 0 Å². The number of aromatic nitrogens is 1. The molecule has 84 valence electrons. The molecule has 0 bridgehead atoms. The highest BCUT2D eigenvalue weighted by Crippen LogP contribution is 2.09. The summed E-state index contributed by atoms with van der Waals surface area (Å²) in [5, 5.41) is 20.5. The van der Waals surface area contributed by atoms with Crippen molar-refractivity contribution in [3.05, 3.63) is 24.0 Å². The molecule has 0 aliphatic carbocycles. The molecule has 1 aromatic rings. The summed E-state index contributed by atoms with van der Waals surface area (Å²) in [6, 6.07) is 4.84. The van der Waals surface area contributed by atoms with Crippen molar-refractivity contribution in [2.24, 2.45) is 5.73 Å². The lowest BCUT2D eigenvalue weighted by molar-refractivity contribution is -0.131. The van der Waals surface area contributed by atoms with Crippen molar-refractivity contribution in [1.82, 2.24) is 4.98 Å². The Kier molecular flexibility index (Phi) is 3.55. The molecule has 0 aliphatic heterocycles. The Morgan fingerprint density at radius 3 is 2.88 bits per heavy atom. The summed E-state index contributed by atoms with van der Waals surface area (Å²) in [4.78, 5) is 15.3. The molecule has 1 atom stereocenters. The zero-order valence-electron chi connectivity index (χ0n) is 8.77. The fourth-order valence-electron chi connectivity index (χ4n) is 0.892. The van der Waals surface area contributed by atoms with Crippen LogP contribution < -0.4 is 11.1 Å². The maximum Gasteiger partial charge on any atom is 0.257 e. The first-order chi connectivity index (χ1) is 7.49. The van der Waals surface area contributed by atoms with Crippen molar-refractivity contribution >= 4 is 11.6 Å². The highest BCUT2D eigenvalue weighted by Gasteiger charge is 2.28. The second-order valence-electron chi connectivity index (χ2n) is 3.48. The highest BCUT2D eigenvalue weighted by molar-refractivity contribution is 5.96. The Morgan fingerprint density at radius 1 is 1.75 bits per heavy atom. The molecule has 1 unspecified atom stereocenters. The molecule has 0 aromatic carbocycles. The second-order valence-corrected chi connectivity index (χ2v) is 3.48. The first-order valence-corrected chi connectivity index (χ1v) is 4.59. The molecular formula is C10H12N4O2. The number of nitrogens with zero attached hydrogens (tertiary/aromatic N) is 2. The van der Waals surface area contributed by atoms with E-state index in [2.05, 4.69) is 10.3 Å². The van der Waals surface area contributed by atoms with Crippen LogP contribution in [0, 0.1) is 11.3 Å². The summed E-state index contributed by atoms with van der Waals surface area (Å²) in [5.41, 5.74) is 4.27. The minimum Gasteiger partial charge on any atom is -0.379 e. The van der Waals surface area contributed by atoms with Crippen molar-refractivity contribution in [2.75, 3.05) is 11.9 Å². The molecule has 0 aliphatic rings. The minimum absolute atomic E-state index is 0.178. The molecule has 6 heteroatoms. The van der Waals surface area contributed by atoms with Gasteiger partial charge < -0.3 is 16.2 Å². The second kappa shape index (κ2) is 4.70. The van der Waals surface area contributed by atoms with Crippen LogP contribution in [-0.4, -0.2) is 28.1 Å². The number of anilines is 1. The van der Waals surface area contributed by atoms with Gasteiger partial charge in [0, 0.05) is 6.54 Å². The van der Waals surface area contributed by atoms with Crippen LogP contribution in [0.5, 0.6) is 0 Å². The largest absolute Gasteiger partial charge is 0.379 e. The van der Waals surface area contributed by atoms with E-state index in [4.69, 9.17) is 11.0 Å². The zero-order valence-corrected chi connectivity index (χ0v) is 8.77. The number of nitriles is 1. The number of hydrogen-bond donors (Lipinski definition) is 3. The third-order valence-electron chi connectivity index (χ3n) is 2.02. The standard InChI is InChI=1S/C10H12N4O2/c1-10(16,6-12)9(15)14-8-3-2-7(4-11)13-5-8/h2-3,5,16H,6,12H2,1H3,(H,14,15). The van der Waals surface area contributed by atoms with E-state index in [0.717, 1.165) is 0 Å². The molecule has 0 saturated heterocycles. The molecular weight excluding hydrogens is 208 g/mol. The van der Waals surface area contributed by atoms with Gasteiger partial charge in [0.25, 0.3) is 5.91 Å². The van der Waals surface area contributed by atoms with Crippen molar-refractivity contribution in [3.63, 3.8) is 0 Å². The highest BCUT2D eigenvalue weighted by atomic mass is 16.3. The first kappa shape index (κ1) is 12.1. The average Bonchev–Trinajstić information content (AvgIpc) is 2.30. The number of nitrogens with two attached hydrogens (primary N) is 1. The average molecular weight is 220 g/mol. The number of carbonyl (C=O) groups excluding carboxylic acids is 1. The normalized spacial score (nSPS) is 13.6. The van der Waals surface area contributed by atoms with Gasteiger partial charge in [0.05, 0.1) is 11.9 Å². The molecule has 1 aromatic heterocycles. The lowest BCUT2D eigenvalue weighted by atomic mass is 10.1. The fourth-order valence-corrected chi connectivity index (χ4v) is 0.892. The molecule has 1 heterocycles. The third kappa shape index (κ3) is 2.76. The summed E-state index contributed by atoms with van der Waals surface area (Å²) in [6.07, 6.45) is 1.34. The number of hydrogen-bond acceptors (Lipinski definition) is 5. The fraction of sp³-hybridized carbons (Fsp3) is 0.300. The SMILES string of the molecule is CC(O)(CN)C(=O)Nc1ccc(C#N)nc1. The molecule has 1 amide bonds. The Labute approximate surface area is 92.7 Å². The van der Waals surface area contributed by atoms with E-state index in [9.17, 15) is 9.90 Å². The topological polar surface area (TPSA) is 112 Å². The number of carbonyl (C=O) groups is 1. The van der Waals surface area contributed by atoms with Gasteiger partial charge in [-0.25, -0.2) is 4.98 Å². The van der Waals surface area contributed by atoms with Gasteiger partial charge in [-0.3, -0.25) is 4.79 Å². The molecule has 16 heavy (non-hydrogen) atoms. The molecule has 6 nitrogen and oxygen atoms in total. The van der Waals surface area contributed by atoms with E-state index < -0.39 is 11.5 Å². The van der Waals surface area contributed by atoms with E-state index in [1.165, 1.54) is 25.3 Å². The van der Waals surface area contributed by atoms with Gasteiger partial charge in [0.2, 0.25) is 0 Å². The van der Waals surface area contributed by atoms with Crippen molar-refractivity contribution in [3.8, 4) is 6.07 Å². The molecule has 1 rings (SSSR count). The predicted molar refractivity (Wildman–Crippen MR) is 57.3 cm³/mol. The van der Waals surface area contributed by atoms with E-state index in [0.29, 0.717) is 5.69 Å². The van der Waals surface area contributed by atoms with Crippen LogP contribution in [0.1, 0.15) is 12.6 Å². The Hall–Kier alpha value is -1.97. The van der Waals surface area contributed by atoms with Crippen molar-refractivity contribution < 1.29 is 9.90 Å². The van der Waals surface area contributed by atoms with Gasteiger partial charge in [0.15, 0.2) is 5.60 Å². The van der Waals surface area contributed by atoms with E-state index in [-0.39, 0.29) is 12.2 Å². The maximum absolute atomic E-state index is 11.5. The maximum atomic E-state index is 11.5. The van der Waals surface area contributed by atoms with Gasteiger partial charge in [-0.1, -0.05) is 0 Å². The van der Waals surface area contributed by atoms with Crippen LogP contribution in [0.4, 0.5) is 5.69 Å². The zero-order chi connectivity index (χ0) is 12.2. The number of amides is 1. The minimum atomic E-state index is -1.62. The molecule has 0 radical (unpaired) electrons. The van der Waals surface area contributed by atoms with Gasteiger partial charge in [0.1, 0.15) is 11.8 Å². The smallest absolute Gasteiger partial charge is 0.257 e. The number of pyridine rings is 1. The van der Waals surface area contributed by atoms with Crippen molar-refractivity contribution in [2.45, 2.75) is 12.5 Å². The number of nitrogens with one attached hydrogen (secondary N) is 1. The Bertz CT molecular complexity index is 419.